The minimum atomic E-state index is 0.0139. The van der Waals surface area contributed by atoms with Gasteiger partial charge in [-0.3, -0.25) is 9.59 Å². The topological polar surface area (TPSA) is 106 Å². The van der Waals surface area contributed by atoms with Gasteiger partial charge in [-0.1, -0.05) is 18.2 Å². The third kappa shape index (κ3) is 5.19. The number of likely N-dealkylation sites (tertiary alicyclic amines) is 2. The minimum absolute atomic E-state index is 0.0139. The molecule has 0 atom stereocenters. The van der Waals surface area contributed by atoms with E-state index in [4.69, 9.17) is 9.72 Å². The van der Waals surface area contributed by atoms with Crippen molar-refractivity contribution >= 4 is 23.2 Å². The predicted octanol–water partition coefficient (Wildman–Crippen LogP) is 2.56. The largest absolute Gasteiger partial charge is 0.496 e. The van der Waals surface area contributed by atoms with Crippen LogP contribution in [0, 0.1) is 0 Å². The zero-order chi connectivity index (χ0) is 24.2. The van der Waals surface area contributed by atoms with E-state index in [1.807, 2.05) is 33.4 Å². The van der Waals surface area contributed by atoms with Gasteiger partial charge in [0.25, 0.3) is 5.91 Å². The second-order valence-corrected chi connectivity index (χ2v) is 9.93. The highest BCUT2D eigenvalue weighted by molar-refractivity contribution is 7.09. The molecule has 0 spiro atoms. The van der Waals surface area contributed by atoms with E-state index in [9.17, 15) is 9.59 Å². The van der Waals surface area contributed by atoms with Crippen molar-refractivity contribution in [2.75, 3.05) is 33.3 Å². The summed E-state index contributed by atoms with van der Waals surface area (Å²) in [6, 6.07) is 8.15. The van der Waals surface area contributed by atoms with Gasteiger partial charge in [-0.05, 0) is 53.7 Å². The Bertz CT molecular complexity index is 1150. The number of carbonyl (C=O) groups is 2. The standard InChI is InChI=1S/C24H29N7O3S/c1-34-21-5-3-2-4-19(21)17-6-12-30(13-7-17)24(33)20-15-35-23(26-20)18-8-10-29(11-9-18)22(32)14-31-16-25-27-28-31/h2-5,15-18H,6-14H2,1H3. The molecule has 35 heavy (non-hydrogen) atoms. The molecule has 2 saturated heterocycles. The SMILES string of the molecule is COc1ccccc1C1CCN(C(=O)c2csc(C3CCN(C(=O)Cn4cnnn4)CC3)n2)CC1. The molecule has 0 unspecified atom stereocenters. The summed E-state index contributed by atoms with van der Waals surface area (Å²) in [5.41, 5.74) is 1.76. The lowest BCUT2D eigenvalue weighted by atomic mass is 9.88. The van der Waals surface area contributed by atoms with Crippen molar-refractivity contribution in [3.8, 4) is 5.75 Å². The number of para-hydroxylation sites is 1. The van der Waals surface area contributed by atoms with Crippen LogP contribution in [0.4, 0.5) is 0 Å². The number of hydrogen-bond donors (Lipinski definition) is 0. The highest BCUT2D eigenvalue weighted by atomic mass is 32.1. The van der Waals surface area contributed by atoms with Crippen LogP contribution in [0.25, 0.3) is 0 Å². The van der Waals surface area contributed by atoms with Crippen molar-refractivity contribution < 1.29 is 14.3 Å². The maximum Gasteiger partial charge on any atom is 0.273 e. The van der Waals surface area contributed by atoms with Gasteiger partial charge in [-0.15, -0.1) is 16.4 Å². The maximum atomic E-state index is 13.1. The van der Waals surface area contributed by atoms with Gasteiger partial charge in [0.1, 0.15) is 24.3 Å². The highest BCUT2D eigenvalue weighted by Crippen LogP contribution is 2.35. The van der Waals surface area contributed by atoms with Gasteiger partial charge in [0, 0.05) is 37.5 Å². The Morgan fingerprint density at radius 3 is 2.46 bits per heavy atom. The summed E-state index contributed by atoms with van der Waals surface area (Å²) < 4.78 is 6.96. The number of hydrogen-bond acceptors (Lipinski definition) is 8. The second kappa shape index (κ2) is 10.5. The van der Waals surface area contributed by atoms with E-state index in [1.54, 1.807) is 18.4 Å². The van der Waals surface area contributed by atoms with Crippen LogP contribution in [0.5, 0.6) is 5.75 Å². The van der Waals surface area contributed by atoms with Crippen LogP contribution in [0.3, 0.4) is 0 Å². The van der Waals surface area contributed by atoms with Gasteiger partial charge >= 0.3 is 0 Å². The van der Waals surface area contributed by atoms with E-state index in [0.29, 0.717) is 24.7 Å². The molecule has 0 bridgehead atoms. The summed E-state index contributed by atoms with van der Waals surface area (Å²) in [6.07, 6.45) is 4.96. The fourth-order valence-corrected chi connectivity index (χ4v) is 5.96. The van der Waals surface area contributed by atoms with E-state index < -0.39 is 0 Å². The third-order valence-electron chi connectivity index (χ3n) is 6.99. The van der Waals surface area contributed by atoms with Crippen molar-refractivity contribution in [3.63, 3.8) is 0 Å². The Balaban J connectivity index is 1.13. The number of aromatic nitrogens is 5. The average Bonchev–Trinajstić information content (AvgIpc) is 3.61. The Morgan fingerprint density at radius 2 is 1.74 bits per heavy atom. The molecule has 2 aliphatic rings. The summed E-state index contributed by atoms with van der Waals surface area (Å²) >= 11 is 1.55. The molecule has 0 saturated carbocycles. The molecule has 2 aromatic heterocycles. The van der Waals surface area contributed by atoms with Gasteiger partial charge in [0.15, 0.2) is 0 Å². The molecule has 10 nitrogen and oxygen atoms in total. The Kier molecular flexibility index (Phi) is 7.03. The van der Waals surface area contributed by atoms with Crippen LogP contribution in [0.1, 0.15) is 58.6 Å². The summed E-state index contributed by atoms with van der Waals surface area (Å²) in [7, 11) is 1.70. The van der Waals surface area contributed by atoms with Gasteiger partial charge in [-0.25, -0.2) is 9.67 Å². The molecule has 2 aliphatic heterocycles. The van der Waals surface area contributed by atoms with Gasteiger partial charge in [0.05, 0.1) is 12.1 Å². The van der Waals surface area contributed by atoms with E-state index >= 15 is 0 Å². The molecule has 0 radical (unpaired) electrons. The first-order valence-corrected chi connectivity index (χ1v) is 12.9. The maximum absolute atomic E-state index is 13.1. The molecule has 184 valence electrons. The van der Waals surface area contributed by atoms with Crippen molar-refractivity contribution in [3.05, 3.63) is 52.2 Å². The number of piperidine rings is 2. The minimum Gasteiger partial charge on any atom is -0.496 e. The molecule has 11 heteroatoms. The van der Waals surface area contributed by atoms with E-state index in [1.165, 1.54) is 16.6 Å². The van der Waals surface area contributed by atoms with Crippen LogP contribution < -0.4 is 4.74 Å². The highest BCUT2D eigenvalue weighted by Gasteiger charge is 2.29. The molecule has 5 rings (SSSR count). The molecule has 3 aromatic rings. The zero-order valence-electron chi connectivity index (χ0n) is 19.7. The fraction of sp³-hybridized carbons (Fsp3) is 0.500. The zero-order valence-corrected chi connectivity index (χ0v) is 20.6. The number of nitrogens with zero attached hydrogens (tertiary/aromatic N) is 7. The quantitative estimate of drug-likeness (QED) is 0.517. The van der Waals surface area contributed by atoms with Crippen molar-refractivity contribution in [2.45, 2.75) is 44.1 Å². The van der Waals surface area contributed by atoms with Crippen LogP contribution in [-0.2, 0) is 11.3 Å². The van der Waals surface area contributed by atoms with Crippen molar-refractivity contribution in [2.24, 2.45) is 0 Å². The van der Waals surface area contributed by atoms with Gasteiger partial charge in [-0.2, -0.15) is 0 Å². The number of ether oxygens (including phenoxy) is 1. The number of thiazole rings is 1. The fourth-order valence-electron chi connectivity index (χ4n) is 5.00. The summed E-state index contributed by atoms with van der Waals surface area (Å²) in [4.78, 5) is 34.1. The molecular weight excluding hydrogens is 466 g/mol. The Labute approximate surface area is 207 Å². The lowest BCUT2D eigenvalue weighted by molar-refractivity contribution is -0.133. The molecule has 2 fully saturated rings. The van der Waals surface area contributed by atoms with Gasteiger partial charge in [0.2, 0.25) is 5.91 Å². The van der Waals surface area contributed by atoms with Crippen LogP contribution in [0.2, 0.25) is 0 Å². The third-order valence-corrected chi connectivity index (χ3v) is 7.99. The average molecular weight is 496 g/mol. The summed E-state index contributed by atoms with van der Waals surface area (Å²) in [6.45, 7) is 2.93. The number of carbonyl (C=O) groups excluding carboxylic acids is 2. The van der Waals surface area contributed by atoms with Crippen molar-refractivity contribution in [1.82, 2.24) is 35.0 Å². The predicted molar refractivity (Wildman–Crippen MR) is 129 cm³/mol. The smallest absolute Gasteiger partial charge is 0.273 e. The number of rotatable bonds is 6. The number of tetrazole rings is 1. The van der Waals surface area contributed by atoms with Crippen LogP contribution >= 0.6 is 11.3 Å². The molecule has 0 aliphatic carbocycles. The first kappa shape index (κ1) is 23.4. The number of amides is 2. The van der Waals surface area contributed by atoms with Crippen molar-refractivity contribution in [1.29, 1.82) is 0 Å². The second-order valence-electron chi connectivity index (χ2n) is 9.04. The number of benzene rings is 1. The first-order valence-electron chi connectivity index (χ1n) is 12.0. The summed E-state index contributed by atoms with van der Waals surface area (Å²) in [5, 5.41) is 13.8. The van der Waals surface area contributed by atoms with Gasteiger partial charge < -0.3 is 14.5 Å². The lowest BCUT2D eigenvalue weighted by Gasteiger charge is -2.32. The normalized spacial score (nSPS) is 17.5. The molecular formula is C24H29N7O3S. The first-order chi connectivity index (χ1) is 17.1. The number of methoxy groups -OCH3 is 1. The van der Waals surface area contributed by atoms with Crippen LogP contribution in [0.15, 0.2) is 36.0 Å². The molecule has 4 heterocycles. The van der Waals surface area contributed by atoms with E-state index in [2.05, 4.69) is 21.6 Å². The molecule has 1 aromatic carbocycles. The van der Waals surface area contributed by atoms with E-state index in [0.717, 1.165) is 49.5 Å². The molecule has 2 amide bonds. The Morgan fingerprint density at radius 1 is 1.03 bits per heavy atom. The monoisotopic (exact) mass is 495 g/mol. The lowest BCUT2D eigenvalue weighted by Crippen LogP contribution is -2.40. The molecule has 0 N–H and O–H groups in total. The summed E-state index contributed by atoms with van der Waals surface area (Å²) in [5.74, 6) is 1.62. The van der Waals surface area contributed by atoms with Crippen LogP contribution in [-0.4, -0.2) is 80.1 Å². The van der Waals surface area contributed by atoms with E-state index in [-0.39, 0.29) is 24.3 Å². The Hall–Kier alpha value is -3.34.